The Balaban J connectivity index is 2.38. The van der Waals surface area contributed by atoms with Gasteiger partial charge in [0.15, 0.2) is 0 Å². The SMILES string of the molecule is Nc1cc2cncnc2c2ccc3c(=O)[nH]ncc3c12. The first kappa shape index (κ1) is 10.9. The van der Waals surface area contributed by atoms with Crippen molar-refractivity contribution in [2.75, 3.05) is 5.73 Å². The van der Waals surface area contributed by atoms with Gasteiger partial charge in [-0.05, 0) is 12.1 Å². The molecule has 0 unspecified atom stereocenters. The van der Waals surface area contributed by atoms with E-state index in [0.29, 0.717) is 11.1 Å². The van der Waals surface area contributed by atoms with Gasteiger partial charge in [0.1, 0.15) is 6.33 Å². The molecule has 4 aromatic rings. The quantitative estimate of drug-likeness (QED) is 0.371. The topological polar surface area (TPSA) is 97.5 Å². The van der Waals surface area contributed by atoms with Crippen molar-refractivity contribution in [1.82, 2.24) is 20.2 Å². The van der Waals surface area contributed by atoms with Crippen molar-refractivity contribution in [3.63, 3.8) is 0 Å². The molecule has 2 aromatic heterocycles. The molecular formula is C14H9N5O. The summed E-state index contributed by atoms with van der Waals surface area (Å²) >= 11 is 0. The molecule has 96 valence electrons. The standard InChI is InChI=1S/C14H9N5O/c15-11-3-7-4-16-6-17-13(7)9-2-1-8-10(12(9)11)5-18-19-14(8)20/h1-6H,15H2,(H,19,20). The number of anilines is 1. The predicted molar refractivity (Wildman–Crippen MR) is 77.4 cm³/mol. The Morgan fingerprint density at radius 1 is 1.10 bits per heavy atom. The van der Waals surface area contributed by atoms with Crippen LogP contribution in [0.2, 0.25) is 0 Å². The molecule has 0 saturated carbocycles. The van der Waals surface area contributed by atoms with Crippen LogP contribution >= 0.6 is 0 Å². The molecule has 6 nitrogen and oxygen atoms in total. The third-order valence-corrected chi connectivity index (χ3v) is 3.45. The number of aromatic amines is 1. The average molecular weight is 263 g/mol. The second-order valence-corrected chi connectivity index (χ2v) is 4.57. The minimum absolute atomic E-state index is 0.230. The predicted octanol–water partition coefficient (Wildman–Crippen LogP) is 1.60. The van der Waals surface area contributed by atoms with Crippen LogP contribution in [-0.4, -0.2) is 20.2 Å². The Labute approximate surface area is 112 Å². The number of rotatable bonds is 0. The molecular weight excluding hydrogens is 254 g/mol. The van der Waals surface area contributed by atoms with Crippen molar-refractivity contribution in [1.29, 1.82) is 0 Å². The van der Waals surface area contributed by atoms with Gasteiger partial charge in [-0.1, -0.05) is 6.07 Å². The highest BCUT2D eigenvalue weighted by atomic mass is 16.1. The van der Waals surface area contributed by atoms with Crippen molar-refractivity contribution in [2.24, 2.45) is 0 Å². The highest BCUT2D eigenvalue weighted by molar-refractivity contribution is 6.20. The average Bonchev–Trinajstić information content (AvgIpc) is 2.47. The van der Waals surface area contributed by atoms with Crippen molar-refractivity contribution in [3.05, 3.63) is 47.3 Å². The summed E-state index contributed by atoms with van der Waals surface area (Å²) in [6, 6.07) is 5.44. The normalized spacial score (nSPS) is 11.4. The third kappa shape index (κ3) is 1.33. The zero-order chi connectivity index (χ0) is 13.7. The number of nitrogen functional groups attached to an aromatic ring is 1. The number of hydrogen-bond donors (Lipinski definition) is 2. The largest absolute Gasteiger partial charge is 0.398 e. The Hall–Kier alpha value is -3.02. The number of nitrogens with two attached hydrogens (primary N) is 1. The van der Waals surface area contributed by atoms with Gasteiger partial charge in [0.25, 0.3) is 5.56 Å². The van der Waals surface area contributed by atoms with Gasteiger partial charge in [-0.3, -0.25) is 4.79 Å². The first-order valence-electron chi connectivity index (χ1n) is 6.04. The van der Waals surface area contributed by atoms with E-state index >= 15 is 0 Å². The van der Waals surface area contributed by atoms with Crippen LogP contribution in [0.1, 0.15) is 0 Å². The number of nitrogens with one attached hydrogen (secondary N) is 1. The van der Waals surface area contributed by atoms with Crippen LogP contribution in [0.25, 0.3) is 32.4 Å². The van der Waals surface area contributed by atoms with Crippen LogP contribution < -0.4 is 11.3 Å². The van der Waals surface area contributed by atoms with E-state index in [1.807, 2.05) is 12.1 Å². The smallest absolute Gasteiger partial charge is 0.272 e. The molecule has 6 heteroatoms. The Morgan fingerprint density at radius 3 is 2.85 bits per heavy atom. The molecule has 3 N–H and O–H groups in total. The van der Waals surface area contributed by atoms with Gasteiger partial charge >= 0.3 is 0 Å². The number of hydrogen-bond acceptors (Lipinski definition) is 5. The molecule has 0 aliphatic heterocycles. The summed E-state index contributed by atoms with van der Waals surface area (Å²) in [4.78, 5) is 20.1. The maximum Gasteiger partial charge on any atom is 0.272 e. The molecule has 0 bridgehead atoms. The zero-order valence-electron chi connectivity index (χ0n) is 10.3. The zero-order valence-corrected chi connectivity index (χ0v) is 10.3. The van der Waals surface area contributed by atoms with Crippen LogP contribution in [-0.2, 0) is 0 Å². The summed E-state index contributed by atoms with van der Waals surface area (Å²) in [5.41, 5.74) is 7.31. The Kier molecular flexibility index (Phi) is 2.03. The van der Waals surface area contributed by atoms with E-state index in [4.69, 9.17) is 5.73 Å². The Bertz CT molecular complexity index is 1040. The molecule has 0 radical (unpaired) electrons. The fraction of sp³-hybridized carbons (Fsp3) is 0. The van der Waals surface area contributed by atoms with Crippen molar-refractivity contribution in [2.45, 2.75) is 0 Å². The maximum absolute atomic E-state index is 11.8. The summed E-state index contributed by atoms with van der Waals surface area (Å²) in [6.45, 7) is 0. The summed E-state index contributed by atoms with van der Waals surface area (Å²) in [7, 11) is 0. The molecule has 0 atom stereocenters. The van der Waals surface area contributed by atoms with Crippen molar-refractivity contribution < 1.29 is 0 Å². The van der Waals surface area contributed by atoms with Crippen LogP contribution in [0, 0.1) is 0 Å². The lowest BCUT2D eigenvalue weighted by atomic mass is 10.0. The van der Waals surface area contributed by atoms with Crippen LogP contribution in [0.3, 0.4) is 0 Å². The lowest BCUT2D eigenvalue weighted by Crippen LogP contribution is -2.07. The fourth-order valence-electron chi connectivity index (χ4n) is 2.59. The van der Waals surface area contributed by atoms with Gasteiger partial charge in [0, 0.05) is 33.4 Å². The number of benzene rings is 2. The van der Waals surface area contributed by atoms with Crippen molar-refractivity contribution in [3.8, 4) is 0 Å². The lowest BCUT2D eigenvalue weighted by Gasteiger charge is -2.08. The minimum atomic E-state index is -0.230. The Morgan fingerprint density at radius 2 is 1.95 bits per heavy atom. The molecule has 2 aromatic carbocycles. The second-order valence-electron chi connectivity index (χ2n) is 4.57. The highest BCUT2D eigenvalue weighted by Gasteiger charge is 2.10. The molecule has 0 aliphatic rings. The van der Waals surface area contributed by atoms with E-state index in [1.165, 1.54) is 6.33 Å². The summed E-state index contributed by atoms with van der Waals surface area (Å²) in [5, 5.41) is 10.1. The summed E-state index contributed by atoms with van der Waals surface area (Å²) in [6.07, 6.45) is 4.83. The first-order valence-corrected chi connectivity index (χ1v) is 6.04. The van der Waals surface area contributed by atoms with E-state index in [2.05, 4.69) is 20.2 Å². The second kappa shape index (κ2) is 3.74. The number of H-pyrrole nitrogens is 1. The van der Waals surface area contributed by atoms with E-state index in [1.54, 1.807) is 18.5 Å². The molecule has 0 saturated heterocycles. The van der Waals surface area contributed by atoms with Gasteiger partial charge in [-0.25, -0.2) is 15.1 Å². The van der Waals surface area contributed by atoms with E-state index < -0.39 is 0 Å². The fourth-order valence-corrected chi connectivity index (χ4v) is 2.59. The number of fused-ring (bicyclic) bond motifs is 5. The molecule has 0 aliphatic carbocycles. The third-order valence-electron chi connectivity index (χ3n) is 3.45. The van der Waals surface area contributed by atoms with Gasteiger partial charge in [-0.15, -0.1) is 0 Å². The van der Waals surface area contributed by atoms with Gasteiger partial charge in [0.05, 0.1) is 17.1 Å². The molecule has 0 fully saturated rings. The van der Waals surface area contributed by atoms with Gasteiger partial charge < -0.3 is 5.73 Å². The highest BCUT2D eigenvalue weighted by Crippen LogP contribution is 2.32. The molecule has 2 heterocycles. The molecule has 4 rings (SSSR count). The minimum Gasteiger partial charge on any atom is -0.398 e. The van der Waals surface area contributed by atoms with Crippen LogP contribution in [0.15, 0.2) is 41.7 Å². The lowest BCUT2D eigenvalue weighted by molar-refractivity contribution is 1.01. The monoisotopic (exact) mass is 263 g/mol. The molecule has 0 spiro atoms. The van der Waals surface area contributed by atoms with Gasteiger partial charge in [-0.2, -0.15) is 5.10 Å². The summed E-state index contributed by atoms with van der Waals surface area (Å²) < 4.78 is 0. The molecule has 20 heavy (non-hydrogen) atoms. The van der Waals surface area contributed by atoms with Crippen LogP contribution in [0.5, 0.6) is 0 Å². The summed E-state index contributed by atoms with van der Waals surface area (Å²) in [5.74, 6) is 0. The van der Waals surface area contributed by atoms with E-state index in [9.17, 15) is 4.79 Å². The van der Waals surface area contributed by atoms with Crippen molar-refractivity contribution >= 4 is 38.1 Å². The van der Waals surface area contributed by atoms with E-state index in [0.717, 1.165) is 27.1 Å². The van der Waals surface area contributed by atoms with Gasteiger partial charge in [0.2, 0.25) is 0 Å². The first-order chi connectivity index (χ1) is 9.75. The number of aromatic nitrogens is 4. The molecule has 0 amide bonds. The van der Waals surface area contributed by atoms with E-state index in [-0.39, 0.29) is 5.56 Å². The maximum atomic E-state index is 11.8. The number of nitrogens with zero attached hydrogens (tertiary/aromatic N) is 3. The van der Waals surface area contributed by atoms with Crippen LogP contribution in [0.4, 0.5) is 5.69 Å².